The van der Waals surface area contributed by atoms with Gasteiger partial charge in [-0.1, -0.05) is 18.7 Å². The van der Waals surface area contributed by atoms with Gasteiger partial charge in [-0.3, -0.25) is 9.59 Å². The number of benzene rings is 1. The highest BCUT2D eigenvalue weighted by atomic mass is 32.2. The van der Waals surface area contributed by atoms with Gasteiger partial charge in [0.15, 0.2) is 5.82 Å². The van der Waals surface area contributed by atoms with E-state index in [1.165, 1.54) is 18.9 Å². The summed E-state index contributed by atoms with van der Waals surface area (Å²) in [4.78, 5) is 38.1. The lowest BCUT2D eigenvalue weighted by Crippen LogP contribution is -2.43. The van der Waals surface area contributed by atoms with Crippen molar-refractivity contribution in [3.8, 4) is 0 Å². The third-order valence-electron chi connectivity index (χ3n) is 5.23. The molecule has 2 heterocycles. The predicted octanol–water partition coefficient (Wildman–Crippen LogP) is 2.74. The van der Waals surface area contributed by atoms with Crippen LogP contribution in [0.4, 0.5) is 11.5 Å². The van der Waals surface area contributed by atoms with Crippen LogP contribution in [-0.2, 0) is 14.3 Å². The van der Waals surface area contributed by atoms with Crippen LogP contribution < -0.4 is 15.5 Å². The standard InChI is InChI=1S/C23H29N5O4S/c1-3-12-24-22(30)17-5-4-13-28(14-17)19-10-11-21(27-26-19)33-15-20(29)25-18-8-6-16(7-9-18)23(31)32-2/h6-11,17H,3-5,12-15H2,1-2H3,(H,24,30)(H,25,29)/t17-/m1/s1. The molecule has 1 aliphatic rings. The maximum Gasteiger partial charge on any atom is 0.337 e. The number of esters is 1. The molecule has 9 nitrogen and oxygen atoms in total. The quantitative estimate of drug-likeness (QED) is 0.424. The summed E-state index contributed by atoms with van der Waals surface area (Å²) in [6, 6.07) is 10.2. The van der Waals surface area contributed by atoms with E-state index in [2.05, 4.69) is 30.5 Å². The first-order valence-corrected chi connectivity index (χ1v) is 12.0. The number of rotatable bonds is 9. The Hall–Kier alpha value is -3.14. The van der Waals surface area contributed by atoms with Gasteiger partial charge in [0.05, 0.1) is 24.3 Å². The molecule has 0 saturated carbocycles. The Morgan fingerprint density at radius 2 is 1.94 bits per heavy atom. The third kappa shape index (κ3) is 7.18. The van der Waals surface area contributed by atoms with Crippen molar-refractivity contribution in [2.45, 2.75) is 31.2 Å². The van der Waals surface area contributed by atoms with E-state index >= 15 is 0 Å². The van der Waals surface area contributed by atoms with Gasteiger partial charge in [0.1, 0.15) is 5.03 Å². The van der Waals surface area contributed by atoms with E-state index in [1.807, 2.05) is 19.1 Å². The number of carbonyl (C=O) groups is 3. The molecule has 10 heteroatoms. The molecule has 33 heavy (non-hydrogen) atoms. The largest absolute Gasteiger partial charge is 0.465 e. The van der Waals surface area contributed by atoms with Crippen molar-refractivity contribution in [1.29, 1.82) is 0 Å². The van der Waals surface area contributed by atoms with E-state index in [4.69, 9.17) is 0 Å². The maximum absolute atomic E-state index is 12.3. The number of amides is 2. The number of hydrogen-bond donors (Lipinski definition) is 2. The van der Waals surface area contributed by atoms with Crippen molar-refractivity contribution >= 4 is 41.1 Å². The smallest absolute Gasteiger partial charge is 0.337 e. The minimum Gasteiger partial charge on any atom is -0.465 e. The fourth-order valence-electron chi connectivity index (χ4n) is 3.49. The predicted molar refractivity (Wildman–Crippen MR) is 127 cm³/mol. The van der Waals surface area contributed by atoms with E-state index in [0.29, 0.717) is 29.4 Å². The van der Waals surface area contributed by atoms with Crippen LogP contribution in [0, 0.1) is 5.92 Å². The third-order valence-corrected chi connectivity index (χ3v) is 6.15. The lowest BCUT2D eigenvalue weighted by atomic mass is 9.97. The normalized spacial score (nSPS) is 15.6. The molecule has 1 saturated heterocycles. The monoisotopic (exact) mass is 471 g/mol. The van der Waals surface area contributed by atoms with Crippen molar-refractivity contribution < 1.29 is 19.1 Å². The van der Waals surface area contributed by atoms with Gasteiger partial charge in [0.25, 0.3) is 0 Å². The van der Waals surface area contributed by atoms with E-state index < -0.39 is 5.97 Å². The van der Waals surface area contributed by atoms with Crippen molar-refractivity contribution in [2.75, 3.05) is 42.7 Å². The van der Waals surface area contributed by atoms with Gasteiger partial charge >= 0.3 is 5.97 Å². The van der Waals surface area contributed by atoms with Gasteiger partial charge in [-0.25, -0.2) is 4.79 Å². The summed E-state index contributed by atoms with van der Waals surface area (Å²) in [6.45, 7) is 4.22. The molecule has 1 aromatic heterocycles. The lowest BCUT2D eigenvalue weighted by Gasteiger charge is -2.32. The minimum absolute atomic E-state index is 0.0356. The number of methoxy groups -OCH3 is 1. The minimum atomic E-state index is -0.426. The zero-order chi connectivity index (χ0) is 23.6. The zero-order valence-electron chi connectivity index (χ0n) is 18.9. The van der Waals surface area contributed by atoms with Crippen LogP contribution in [-0.4, -0.2) is 60.5 Å². The van der Waals surface area contributed by atoms with Gasteiger partial charge in [-0.05, 0) is 55.7 Å². The molecule has 0 bridgehead atoms. The van der Waals surface area contributed by atoms with Crippen LogP contribution in [0.25, 0.3) is 0 Å². The summed E-state index contributed by atoms with van der Waals surface area (Å²) in [5.41, 5.74) is 1.01. The molecule has 2 amide bonds. The molecule has 176 valence electrons. The number of hydrogen-bond acceptors (Lipinski definition) is 8. The van der Waals surface area contributed by atoms with Crippen LogP contribution in [0.3, 0.4) is 0 Å². The van der Waals surface area contributed by atoms with E-state index in [0.717, 1.165) is 31.6 Å². The van der Waals surface area contributed by atoms with Crippen molar-refractivity contribution in [3.05, 3.63) is 42.0 Å². The van der Waals surface area contributed by atoms with Gasteiger partial charge < -0.3 is 20.3 Å². The molecule has 2 aromatic rings. The highest BCUT2D eigenvalue weighted by Crippen LogP contribution is 2.23. The maximum atomic E-state index is 12.3. The molecule has 1 aromatic carbocycles. The molecule has 0 spiro atoms. The molecule has 1 atom stereocenters. The van der Waals surface area contributed by atoms with Crippen molar-refractivity contribution in [3.63, 3.8) is 0 Å². The lowest BCUT2D eigenvalue weighted by molar-refractivity contribution is -0.125. The number of aromatic nitrogens is 2. The molecule has 0 aliphatic carbocycles. The summed E-state index contributed by atoms with van der Waals surface area (Å²) in [7, 11) is 1.32. The fourth-order valence-corrected chi connectivity index (χ4v) is 4.11. The number of thioether (sulfide) groups is 1. The van der Waals surface area contributed by atoms with Crippen LogP contribution in [0.2, 0.25) is 0 Å². The second kappa shape index (κ2) is 12.2. The summed E-state index contributed by atoms with van der Waals surface area (Å²) >= 11 is 1.29. The topological polar surface area (TPSA) is 114 Å². The van der Waals surface area contributed by atoms with Crippen LogP contribution >= 0.6 is 11.8 Å². The Morgan fingerprint density at radius 1 is 1.15 bits per heavy atom. The molecular weight excluding hydrogens is 442 g/mol. The summed E-state index contributed by atoms with van der Waals surface area (Å²) in [6.07, 6.45) is 2.74. The average molecular weight is 472 g/mol. The van der Waals surface area contributed by atoms with E-state index in [-0.39, 0.29) is 23.5 Å². The SMILES string of the molecule is CCCNC(=O)[C@@H]1CCCN(c2ccc(SCC(=O)Nc3ccc(C(=O)OC)cc3)nn2)C1. The zero-order valence-corrected chi connectivity index (χ0v) is 19.7. The highest BCUT2D eigenvalue weighted by Gasteiger charge is 2.26. The second-order valence-corrected chi connectivity index (χ2v) is 8.71. The Kier molecular flexibility index (Phi) is 9.05. The average Bonchev–Trinajstić information content (AvgIpc) is 2.86. The fraction of sp³-hybridized carbons (Fsp3) is 0.435. The van der Waals surface area contributed by atoms with Gasteiger partial charge in [0, 0.05) is 25.3 Å². The van der Waals surface area contributed by atoms with E-state index in [9.17, 15) is 14.4 Å². The number of ether oxygens (including phenoxy) is 1. The van der Waals surface area contributed by atoms with Crippen LogP contribution in [0.15, 0.2) is 41.4 Å². The Morgan fingerprint density at radius 3 is 2.61 bits per heavy atom. The molecule has 0 radical (unpaired) electrons. The Bertz CT molecular complexity index is 952. The van der Waals surface area contributed by atoms with Crippen LogP contribution in [0.1, 0.15) is 36.5 Å². The number of carbonyl (C=O) groups excluding carboxylic acids is 3. The Balaban J connectivity index is 1.47. The number of nitrogens with one attached hydrogen (secondary N) is 2. The number of piperidine rings is 1. The van der Waals surface area contributed by atoms with Crippen LogP contribution in [0.5, 0.6) is 0 Å². The first-order valence-electron chi connectivity index (χ1n) is 11.0. The van der Waals surface area contributed by atoms with Gasteiger partial charge in [-0.2, -0.15) is 0 Å². The first kappa shape index (κ1) is 24.5. The summed E-state index contributed by atoms with van der Waals surface area (Å²) < 4.78 is 4.66. The molecule has 3 rings (SSSR count). The number of nitrogens with zero attached hydrogens (tertiary/aromatic N) is 3. The first-order chi connectivity index (χ1) is 16.0. The van der Waals surface area contributed by atoms with E-state index in [1.54, 1.807) is 24.3 Å². The molecule has 0 unspecified atom stereocenters. The molecule has 1 aliphatic heterocycles. The highest BCUT2D eigenvalue weighted by molar-refractivity contribution is 7.99. The van der Waals surface area contributed by atoms with Gasteiger partial charge in [0.2, 0.25) is 11.8 Å². The molecule has 2 N–H and O–H groups in total. The summed E-state index contributed by atoms with van der Waals surface area (Å²) in [5, 5.41) is 14.9. The summed E-state index contributed by atoms with van der Waals surface area (Å²) in [5.74, 6) is 0.372. The second-order valence-electron chi connectivity index (χ2n) is 7.71. The Labute approximate surface area is 197 Å². The number of anilines is 2. The van der Waals surface area contributed by atoms with Gasteiger partial charge in [-0.15, -0.1) is 10.2 Å². The molecular formula is C23H29N5O4S. The van der Waals surface area contributed by atoms with Crippen molar-refractivity contribution in [2.24, 2.45) is 5.92 Å². The molecule has 1 fully saturated rings. The van der Waals surface area contributed by atoms with Crippen molar-refractivity contribution in [1.82, 2.24) is 15.5 Å².